The van der Waals surface area contributed by atoms with E-state index in [0.717, 1.165) is 16.5 Å². The van der Waals surface area contributed by atoms with Gasteiger partial charge >= 0.3 is 0 Å². The molecule has 122 valence electrons. The van der Waals surface area contributed by atoms with E-state index >= 15 is 0 Å². The molecule has 1 aliphatic carbocycles. The number of aromatic amines is 1. The zero-order chi connectivity index (χ0) is 16.4. The number of hydrogen-bond donors (Lipinski definition) is 3. The third-order valence-electron chi connectivity index (χ3n) is 4.02. The third kappa shape index (κ3) is 3.48. The minimum Gasteiger partial charge on any atom is -0.399 e. The number of sulfonamides is 1. The molecule has 0 aliphatic heterocycles. The lowest BCUT2D eigenvalue weighted by Gasteiger charge is -2.20. The van der Waals surface area contributed by atoms with Gasteiger partial charge in [-0.3, -0.25) is 0 Å². The average molecular weight is 331 g/mol. The van der Waals surface area contributed by atoms with E-state index in [9.17, 15) is 8.42 Å². The van der Waals surface area contributed by atoms with E-state index in [-0.39, 0.29) is 6.04 Å². The van der Waals surface area contributed by atoms with Crippen molar-refractivity contribution in [2.75, 3.05) is 0 Å². The summed E-state index contributed by atoms with van der Waals surface area (Å²) in [6.45, 7) is 1.88. The van der Waals surface area contributed by atoms with Crippen molar-refractivity contribution in [3.05, 3.63) is 60.0 Å². The van der Waals surface area contributed by atoms with Crippen molar-refractivity contribution in [3.63, 3.8) is 0 Å². The molecule has 1 heterocycles. The maximum Gasteiger partial charge on any atom is 0.218 e. The molecule has 1 aliphatic rings. The van der Waals surface area contributed by atoms with Gasteiger partial charge in [-0.15, -0.1) is 0 Å². The number of aromatic nitrogens is 1. The van der Waals surface area contributed by atoms with E-state index in [1.54, 1.807) is 18.2 Å². The molecule has 23 heavy (non-hydrogen) atoms. The molecule has 1 aromatic heterocycles. The van der Waals surface area contributed by atoms with E-state index in [1.165, 1.54) is 0 Å². The van der Waals surface area contributed by atoms with E-state index in [2.05, 4.69) is 9.71 Å². The summed E-state index contributed by atoms with van der Waals surface area (Å²) < 4.78 is 27.7. The minimum atomic E-state index is -3.44. The van der Waals surface area contributed by atoms with Crippen molar-refractivity contribution in [1.29, 1.82) is 0 Å². The second-order valence-electron chi connectivity index (χ2n) is 5.97. The van der Waals surface area contributed by atoms with Crippen LogP contribution in [0.5, 0.6) is 0 Å². The molecule has 3 rings (SSSR count). The van der Waals surface area contributed by atoms with Gasteiger partial charge in [-0.05, 0) is 43.5 Å². The summed E-state index contributed by atoms with van der Waals surface area (Å²) in [6.07, 6.45) is 8.16. The van der Waals surface area contributed by atoms with Crippen LogP contribution in [0.3, 0.4) is 0 Å². The molecule has 5 nitrogen and oxygen atoms in total. The Morgan fingerprint density at radius 2 is 2.17 bits per heavy atom. The van der Waals surface area contributed by atoms with Crippen molar-refractivity contribution in [3.8, 4) is 0 Å². The van der Waals surface area contributed by atoms with Gasteiger partial charge in [0, 0.05) is 28.8 Å². The highest BCUT2D eigenvalue weighted by atomic mass is 32.2. The summed E-state index contributed by atoms with van der Waals surface area (Å²) in [5.74, 6) is 0. The SMILES string of the molecule is CC(Cc1c[nH]c2ccccc12)NS(=O)(=O)C1C=C(N)C=CC1. The molecule has 4 N–H and O–H groups in total. The number of fused-ring (bicyclic) bond motifs is 1. The lowest BCUT2D eigenvalue weighted by molar-refractivity contribution is 0.552. The number of nitrogens with one attached hydrogen (secondary N) is 2. The molecule has 0 radical (unpaired) electrons. The van der Waals surface area contributed by atoms with Gasteiger partial charge in [-0.25, -0.2) is 13.1 Å². The fraction of sp³-hybridized carbons (Fsp3) is 0.294. The molecule has 1 aromatic carbocycles. The molecule has 0 bridgehead atoms. The van der Waals surface area contributed by atoms with Crippen LogP contribution in [0.25, 0.3) is 10.9 Å². The summed E-state index contributed by atoms with van der Waals surface area (Å²) in [7, 11) is -3.44. The van der Waals surface area contributed by atoms with Crippen LogP contribution >= 0.6 is 0 Å². The highest BCUT2D eigenvalue weighted by Crippen LogP contribution is 2.20. The molecular weight excluding hydrogens is 310 g/mol. The van der Waals surface area contributed by atoms with Gasteiger partial charge < -0.3 is 10.7 Å². The Kier molecular flexibility index (Phi) is 4.28. The van der Waals surface area contributed by atoms with Crippen molar-refractivity contribution < 1.29 is 8.42 Å². The number of nitrogens with two attached hydrogens (primary N) is 1. The molecule has 0 fully saturated rings. The fourth-order valence-corrected chi connectivity index (χ4v) is 4.45. The maximum atomic E-state index is 12.5. The number of H-pyrrole nitrogens is 1. The number of benzene rings is 1. The molecule has 0 amide bonds. The van der Waals surface area contributed by atoms with Gasteiger partial charge in [0.25, 0.3) is 0 Å². The first-order chi connectivity index (χ1) is 11.0. The van der Waals surface area contributed by atoms with Crippen LogP contribution < -0.4 is 10.5 Å². The number of hydrogen-bond acceptors (Lipinski definition) is 3. The molecule has 2 atom stereocenters. The normalized spacial score (nSPS) is 19.7. The second-order valence-corrected chi connectivity index (χ2v) is 7.90. The Morgan fingerprint density at radius 3 is 2.96 bits per heavy atom. The Morgan fingerprint density at radius 1 is 1.39 bits per heavy atom. The number of para-hydroxylation sites is 1. The van der Waals surface area contributed by atoms with Gasteiger partial charge in [-0.1, -0.05) is 24.3 Å². The fourth-order valence-electron chi connectivity index (χ4n) is 2.93. The molecule has 6 heteroatoms. The van der Waals surface area contributed by atoms with Crippen LogP contribution in [-0.2, 0) is 16.4 Å². The zero-order valence-electron chi connectivity index (χ0n) is 13.0. The lowest BCUT2D eigenvalue weighted by atomic mass is 10.1. The Bertz CT molecular complexity index is 865. The molecule has 0 saturated carbocycles. The van der Waals surface area contributed by atoms with Gasteiger partial charge in [-0.2, -0.15) is 0 Å². The number of rotatable bonds is 5. The van der Waals surface area contributed by atoms with Gasteiger partial charge in [0.05, 0.1) is 5.25 Å². The van der Waals surface area contributed by atoms with Crippen molar-refractivity contribution >= 4 is 20.9 Å². The first-order valence-corrected chi connectivity index (χ1v) is 9.20. The average Bonchev–Trinajstić information content (AvgIpc) is 2.90. The van der Waals surface area contributed by atoms with E-state index in [4.69, 9.17) is 5.73 Å². The highest BCUT2D eigenvalue weighted by Gasteiger charge is 2.26. The van der Waals surface area contributed by atoms with E-state index < -0.39 is 15.3 Å². The largest absolute Gasteiger partial charge is 0.399 e. The predicted octanol–water partition coefficient (Wildman–Crippen LogP) is 2.19. The van der Waals surface area contributed by atoms with Crippen LogP contribution in [-0.4, -0.2) is 24.7 Å². The monoisotopic (exact) mass is 331 g/mol. The Labute approximate surface area is 136 Å². The predicted molar refractivity (Wildman–Crippen MR) is 93.3 cm³/mol. The molecule has 2 unspecified atom stereocenters. The second kappa shape index (κ2) is 6.22. The Hall–Kier alpha value is -2.05. The standard InChI is InChI=1S/C17H21N3O2S/c1-12(9-13-11-19-17-8-3-2-7-16(13)17)20-23(21,22)15-6-4-5-14(18)10-15/h2-5,7-8,10-12,15,19-20H,6,9,18H2,1H3. The molecule has 0 spiro atoms. The van der Waals surface area contributed by atoms with Crippen LogP contribution in [0.1, 0.15) is 18.9 Å². The van der Waals surface area contributed by atoms with Crippen LogP contribution in [0.2, 0.25) is 0 Å². The number of allylic oxidation sites excluding steroid dienone is 2. The van der Waals surface area contributed by atoms with Crippen molar-refractivity contribution in [2.24, 2.45) is 5.73 Å². The third-order valence-corrected chi connectivity index (χ3v) is 5.88. The molecule has 0 saturated heterocycles. The van der Waals surface area contributed by atoms with E-state index in [0.29, 0.717) is 18.5 Å². The van der Waals surface area contributed by atoms with Crippen LogP contribution in [0.15, 0.2) is 54.4 Å². The highest BCUT2D eigenvalue weighted by molar-refractivity contribution is 7.90. The first kappa shape index (κ1) is 15.8. The quantitative estimate of drug-likeness (QED) is 0.785. The summed E-state index contributed by atoms with van der Waals surface area (Å²) in [5, 5.41) is 0.529. The van der Waals surface area contributed by atoms with Crippen LogP contribution in [0.4, 0.5) is 0 Å². The van der Waals surface area contributed by atoms with Gasteiger partial charge in [0.2, 0.25) is 10.0 Å². The van der Waals surface area contributed by atoms with Crippen molar-refractivity contribution in [2.45, 2.75) is 31.1 Å². The lowest BCUT2D eigenvalue weighted by Crippen LogP contribution is -2.40. The Balaban J connectivity index is 1.71. The maximum absolute atomic E-state index is 12.5. The first-order valence-electron chi connectivity index (χ1n) is 7.65. The summed E-state index contributed by atoms with van der Waals surface area (Å²) in [5.41, 5.74) is 8.37. The minimum absolute atomic E-state index is 0.195. The topological polar surface area (TPSA) is 88.0 Å². The van der Waals surface area contributed by atoms with E-state index in [1.807, 2.05) is 37.4 Å². The zero-order valence-corrected chi connectivity index (χ0v) is 13.8. The van der Waals surface area contributed by atoms with Gasteiger partial charge in [0.1, 0.15) is 0 Å². The smallest absolute Gasteiger partial charge is 0.218 e. The summed E-state index contributed by atoms with van der Waals surface area (Å²) in [4.78, 5) is 3.21. The summed E-state index contributed by atoms with van der Waals surface area (Å²) >= 11 is 0. The van der Waals surface area contributed by atoms with Crippen molar-refractivity contribution in [1.82, 2.24) is 9.71 Å². The van der Waals surface area contributed by atoms with Crippen LogP contribution in [0, 0.1) is 0 Å². The molecule has 2 aromatic rings. The molecular formula is C17H21N3O2S. The van der Waals surface area contributed by atoms with Gasteiger partial charge in [0.15, 0.2) is 0 Å². The summed E-state index contributed by atoms with van der Waals surface area (Å²) in [6, 6.07) is 7.81.